The van der Waals surface area contributed by atoms with E-state index in [1.807, 2.05) is 43.3 Å². The van der Waals surface area contributed by atoms with Crippen molar-refractivity contribution >= 4 is 50.1 Å². The highest BCUT2D eigenvalue weighted by atomic mass is 127. The molecular formula is C15H14BrClINO. The normalized spacial score (nSPS) is 12.2. The summed E-state index contributed by atoms with van der Waals surface area (Å²) in [5.74, 6) is 0.830. The zero-order chi connectivity index (χ0) is 14.7. The topological polar surface area (TPSA) is 35.2 Å². The summed E-state index contributed by atoms with van der Waals surface area (Å²) in [5.41, 5.74) is 8.40. The first-order valence-corrected chi connectivity index (χ1v) is 8.40. The van der Waals surface area contributed by atoms with Crippen molar-refractivity contribution in [1.82, 2.24) is 0 Å². The molecule has 20 heavy (non-hydrogen) atoms. The maximum atomic E-state index is 6.38. The largest absolute Gasteiger partial charge is 0.494 e. The monoisotopic (exact) mass is 465 g/mol. The molecule has 0 aliphatic heterocycles. The van der Waals surface area contributed by atoms with Gasteiger partial charge in [0.2, 0.25) is 0 Å². The molecule has 1 atom stereocenters. The van der Waals surface area contributed by atoms with Gasteiger partial charge < -0.3 is 10.5 Å². The van der Waals surface area contributed by atoms with Gasteiger partial charge in [-0.15, -0.1) is 0 Å². The summed E-state index contributed by atoms with van der Waals surface area (Å²) in [5, 5.41) is 0.693. The predicted molar refractivity (Wildman–Crippen MR) is 95.5 cm³/mol. The molecule has 0 aliphatic rings. The van der Waals surface area contributed by atoms with Crippen molar-refractivity contribution in [2.75, 3.05) is 6.61 Å². The van der Waals surface area contributed by atoms with Crippen LogP contribution in [0.2, 0.25) is 5.02 Å². The van der Waals surface area contributed by atoms with E-state index in [0.717, 1.165) is 24.9 Å². The predicted octanol–water partition coefficient (Wildman–Crippen LogP) is 5.15. The average molecular weight is 467 g/mol. The van der Waals surface area contributed by atoms with Crippen LogP contribution in [0.3, 0.4) is 0 Å². The van der Waals surface area contributed by atoms with E-state index >= 15 is 0 Å². The first-order valence-electron chi connectivity index (χ1n) is 6.15. The summed E-state index contributed by atoms with van der Waals surface area (Å²) in [4.78, 5) is 0. The van der Waals surface area contributed by atoms with Crippen molar-refractivity contribution < 1.29 is 4.74 Å². The fourth-order valence-electron chi connectivity index (χ4n) is 1.94. The van der Waals surface area contributed by atoms with Crippen LogP contribution >= 0.6 is 50.1 Å². The Kier molecular flexibility index (Phi) is 5.72. The van der Waals surface area contributed by atoms with Crippen LogP contribution in [-0.2, 0) is 0 Å². The SMILES string of the molecule is CCOc1ccc(C(N)c2cc(Cl)ccc2I)c(Br)c1. The number of rotatable bonds is 4. The zero-order valence-electron chi connectivity index (χ0n) is 10.9. The molecular weight excluding hydrogens is 452 g/mol. The number of hydrogen-bond acceptors (Lipinski definition) is 2. The lowest BCUT2D eigenvalue weighted by atomic mass is 9.99. The molecule has 2 nitrogen and oxygen atoms in total. The minimum atomic E-state index is -0.231. The number of halogens is 3. The molecule has 2 N–H and O–H groups in total. The van der Waals surface area contributed by atoms with Crippen molar-refractivity contribution in [2.45, 2.75) is 13.0 Å². The number of benzene rings is 2. The van der Waals surface area contributed by atoms with Gasteiger partial charge in [-0.25, -0.2) is 0 Å². The highest BCUT2D eigenvalue weighted by molar-refractivity contribution is 14.1. The second-order valence-electron chi connectivity index (χ2n) is 4.26. The molecule has 0 aliphatic carbocycles. The van der Waals surface area contributed by atoms with Crippen molar-refractivity contribution in [2.24, 2.45) is 5.73 Å². The minimum absolute atomic E-state index is 0.231. The van der Waals surface area contributed by atoms with Crippen LogP contribution in [0.15, 0.2) is 40.9 Å². The molecule has 0 fully saturated rings. The van der Waals surface area contributed by atoms with E-state index in [-0.39, 0.29) is 6.04 Å². The summed E-state index contributed by atoms with van der Waals surface area (Å²) in [6, 6.07) is 11.4. The van der Waals surface area contributed by atoms with Crippen LogP contribution in [-0.4, -0.2) is 6.61 Å². The second-order valence-corrected chi connectivity index (χ2v) is 6.71. The van der Waals surface area contributed by atoms with Crippen LogP contribution in [0.25, 0.3) is 0 Å². The first-order chi connectivity index (χ1) is 9.52. The van der Waals surface area contributed by atoms with Crippen LogP contribution in [0.4, 0.5) is 0 Å². The molecule has 0 amide bonds. The van der Waals surface area contributed by atoms with Gasteiger partial charge in [-0.2, -0.15) is 0 Å². The Labute approximate surface area is 145 Å². The molecule has 2 rings (SSSR count). The molecule has 0 radical (unpaired) electrons. The molecule has 0 heterocycles. The molecule has 1 unspecified atom stereocenters. The summed E-state index contributed by atoms with van der Waals surface area (Å²) in [7, 11) is 0. The van der Waals surface area contributed by atoms with E-state index < -0.39 is 0 Å². The summed E-state index contributed by atoms with van der Waals surface area (Å²) < 4.78 is 7.51. The minimum Gasteiger partial charge on any atom is -0.494 e. The highest BCUT2D eigenvalue weighted by Crippen LogP contribution is 2.33. The third-order valence-electron chi connectivity index (χ3n) is 2.91. The summed E-state index contributed by atoms with van der Waals surface area (Å²) in [6.45, 7) is 2.60. The molecule has 0 aromatic heterocycles. The van der Waals surface area contributed by atoms with E-state index in [9.17, 15) is 0 Å². The van der Waals surface area contributed by atoms with Gasteiger partial charge >= 0.3 is 0 Å². The number of hydrogen-bond donors (Lipinski definition) is 1. The van der Waals surface area contributed by atoms with Crippen molar-refractivity contribution in [3.63, 3.8) is 0 Å². The molecule has 0 spiro atoms. The van der Waals surface area contributed by atoms with Crippen LogP contribution < -0.4 is 10.5 Å². The van der Waals surface area contributed by atoms with E-state index in [4.69, 9.17) is 22.1 Å². The molecule has 5 heteroatoms. The molecule has 106 valence electrons. The number of nitrogens with two attached hydrogens (primary N) is 1. The van der Waals surface area contributed by atoms with Crippen molar-refractivity contribution in [3.05, 3.63) is 60.6 Å². The van der Waals surface area contributed by atoms with Gasteiger partial charge in [0, 0.05) is 13.1 Å². The fourth-order valence-corrected chi connectivity index (χ4v) is 3.39. The van der Waals surface area contributed by atoms with Gasteiger partial charge in [-0.05, 0) is 71.0 Å². The molecule has 0 saturated carbocycles. The van der Waals surface area contributed by atoms with Crippen molar-refractivity contribution in [1.29, 1.82) is 0 Å². The maximum Gasteiger partial charge on any atom is 0.120 e. The Morgan fingerprint density at radius 3 is 2.65 bits per heavy atom. The fraction of sp³-hybridized carbons (Fsp3) is 0.200. The Morgan fingerprint density at radius 2 is 2.00 bits per heavy atom. The molecule has 2 aromatic carbocycles. The van der Waals surface area contributed by atoms with Gasteiger partial charge in [-0.3, -0.25) is 0 Å². The Hall–Kier alpha value is -0.300. The van der Waals surface area contributed by atoms with Crippen LogP contribution in [0, 0.1) is 3.57 Å². The Balaban J connectivity index is 2.38. The quantitative estimate of drug-likeness (QED) is 0.633. The standard InChI is InChI=1S/C15H14BrClINO/c1-2-20-10-4-5-11(13(16)8-10)15(19)12-7-9(17)3-6-14(12)18/h3-8,15H,2,19H2,1H3. The van der Waals surface area contributed by atoms with Gasteiger partial charge in [0.25, 0.3) is 0 Å². The summed E-state index contributed by atoms with van der Waals surface area (Å²) in [6.07, 6.45) is 0. The Bertz CT molecular complexity index is 621. The van der Waals surface area contributed by atoms with Gasteiger partial charge in [0.15, 0.2) is 0 Å². The Morgan fingerprint density at radius 1 is 1.25 bits per heavy atom. The lowest BCUT2D eigenvalue weighted by Crippen LogP contribution is -2.14. The smallest absolute Gasteiger partial charge is 0.120 e. The molecule has 0 bridgehead atoms. The van der Waals surface area contributed by atoms with Crippen LogP contribution in [0.1, 0.15) is 24.1 Å². The van der Waals surface area contributed by atoms with E-state index in [1.54, 1.807) is 0 Å². The van der Waals surface area contributed by atoms with Crippen molar-refractivity contribution in [3.8, 4) is 5.75 Å². The lowest BCUT2D eigenvalue weighted by Gasteiger charge is -2.17. The summed E-state index contributed by atoms with van der Waals surface area (Å²) >= 11 is 11.9. The molecule has 0 saturated heterocycles. The average Bonchev–Trinajstić information content (AvgIpc) is 2.41. The number of ether oxygens (including phenoxy) is 1. The zero-order valence-corrected chi connectivity index (χ0v) is 15.4. The lowest BCUT2D eigenvalue weighted by molar-refractivity contribution is 0.340. The van der Waals surface area contributed by atoms with Crippen LogP contribution in [0.5, 0.6) is 5.75 Å². The first kappa shape index (κ1) is 16.1. The van der Waals surface area contributed by atoms with E-state index in [0.29, 0.717) is 11.6 Å². The van der Waals surface area contributed by atoms with E-state index in [1.165, 1.54) is 0 Å². The maximum absolute atomic E-state index is 6.38. The van der Waals surface area contributed by atoms with Gasteiger partial charge in [-0.1, -0.05) is 33.6 Å². The third-order valence-corrected chi connectivity index (χ3v) is 4.82. The highest BCUT2D eigenvalue weighted by Gasteiger charge is 2.16. The third kappa shape index (κ3) is 3.67. The second kappa shape index (κ2) is 7.11. The molecule has 2 aromatic rings. The van der Waals surface area contributed by atoms with Gasteiger partial charge in [0.1, 0.15) is 5.75 Å². The van der Waals surface area contributed by atoms with Gasteiger partial charge in [0.05, 0.1) is 12.6 Å². The van der Waals surface area contributed by atoms with E-state index in [2.05, 4.69) is 38.5 Å².